The molecule has 1 aliphatic carbocycles. The maximum Gasteiger partial charge on any atom is 0.231 e. The molecular formula is C16H23NO3. The van der Waals surface area contributed by atoms with Crippen LogP contribution in [0.3, 0.4) is 0 Å². The second kappa shape index (κ2) is 5.92. The third-order valence-corrected chi connectivity index (χ3v) is 4.41. The zero-order chi connectivity index (χ0) is 13.9. The standard InChI is InChI=1S/C16H23NO3/c1-11-3-2-4-13(6-5-11)17-9-12-7-15-16(8-14(12)18)20-10-19-15/h7-8,11,13,17-18H,2-6,9-10H2,1H3. The quantitative estimate of drug-likeness (QED) is 0.833. The Balaban J connectivity index is 1.60. The molecule has 0 aromatic heterocycles. The van der Waals surface area contributed by atoms with E-state index in [2.05, 4.69) is 12.2 Å². The molecule has 1 aliphatic heterocycles. The SMILES string of the molecule is CC1CCCC(NCc2cc3c(cc2O)OCO3)CC1. The van der Waals surface area contributed by atoms with E-state index < -0.39 is 0 Å². The summed E-state index contributed by atoms with van der Waals surface area (Å²) in [6.45, 7) is 3.26. The zero-order valence-electron chi connectivity index (χ0n) is 12.0. The number of benzene rings is 1. The molecule has 1 heterocycles. The van der Waals surface area contributed by atoms with Crippen molar-refractivity contribution >= 4 is 0 Å². The van der Waals surface area contributed by atoms with Gasteiger partial charge in [0.15, 0.2) is 11.5 Å². The van der Waals surface area contributed by atoms with Crippen LogP contribution >= 0.6 is 0 Å². The normalized spacial score (nSPS) is 25.4. The largest absolute Gasteiger partial charge is 0.507 e. The van der Waals surface area contributed by atoms with Crippen LogP contribution in [-0.4, -0.2) is 17.9 Å². The van der Waals surface area contributed by atoms with E-state index in [1.807, 2.05) is 6.07 Å². The van der Waals surface area contributed by atoms with E-state index in [0.717, 1.165) is 17.2 Å². The number of fused-ring (bicyclic) bond motifs is 1. The van der Waals surface area contributed by atoms with Crippen LogP contribution in [0.5, 0.6) is 17.2 Å². The Hall–Kier alpha value is -1.42. The van der Waals surface area contributed by atoms with Crippen molar-refractivity contribution in [2.24, 2.45) is 5.92 Å². The Bertz CT molecular complexity index is 475. The average Bonchev–Trinajstić information content (AvgIpc) is 2.77. The molecule has 110 valence electrons. The lowest BCUT2D eigenvalue weighted by Gasteiger charge is -2.17. The van der Waals surface area contributed by atoms with E-state index >= 15 is 0 Å². The van der Waals surface area contributed by atoms with Crippen molar-refractivity contribution in [3.63, 3.8) is 0 Å². The highest BCUT2D eigenvalue weighted by Gasteiger charge is 2.19. The van der Waals surface area contributed by atoms with Gasteiger partial charge in [-0.25, -0.2) is 0 Å². The molecule has 2 aliphatic rings. The predicted molar refractivity (Wildman–Crippen MR) is 77.1 cm³/mol. The van der Waals surface area contributed by atoms with E-state index in [1.165, 1.54) is 32.1 Å². The number of hydrogen-bond acceptors (Lipinski definition) is 4. The lowest BCUT2D eigenvalue weighted by molar-refractivity contribution is 0.174. The molecule has 1 aromatic rings. The van der Waals surface area contributed by atoms with Crippen molar-refractivity contribution in [3.8, 4) is 17.2 Å². The van der Waals surface area contributed by atoms with Crippen LogP contribution in [0, 0.1) is 5.92 Å². The summed E-state index contributed by atoms with van der Waals surface area (Å²) in [4.78, 5) is 0. The van der Waals surface area contributed by atoms with E-state index in [4.69, 9.17) is 9.47 Å². The molecule has 20 heavy (non-hydrogen) atoms. The fraction of sp³-hybridized carbons (Fsp3) is 0.625. The molecule has 4 heteroatoms. The lowest BCUT2D eigenvalue weighted by Crippen LogP contribution is -2.28. The van der Waals surface area contributed by atoms with Gasteiger partial charge in [-0.3, -0.25) is 0 Å². The second-order valence-corrected chi connectivity index (χ2v) is 6.03. The van der Waals surface area contributed by atoms with E-state index in [1.54, 1.807) is 6.07 Å². The Morgan fingerprint density at radius 1 is 1.15 bits per heavy atom. The summed E-state index contributed by atoms with van der Waals surface area (Å²) < 4.78 is 10.6. The van der Waals surface area contributed by atoms with E-state index in [0.29, 0.717) is 18.3 Å². The molecule has 0 amide bonds. The zero-order valence-corrected chi connectivity index (χ0v) is 12.0. The Labute approximate surface area is 120 Å². The van der Waals surface area contributed by atoms with Gasteiger partial charge in [0.05, 0.1) is 0 Å². The average molecular weight is 277 g/mol. The summed E-state index contributed by atoms with van der Waals surface area (Å²) in [6, 6.07) is 4.09. The highest BCUT2D eigenvalue weighted by Crippen LogP contribution is 2.37. The van der Waals surface area contributed by atoms with Crippen LogP contribution in [0.2, 0.25) is 0 Å². The van der Waals surface area contributed by atoms with Crippen LogP contribution < -0.4 is 14.8 Å². The van der Waals surface area contributed by atoms with Crippen LogP contribution in [0.25, 0.3) is 0 Å². The monoisotopic (exact) mass is 277 g/mol. The van der Waals surface area contributed by atoms with Gasteiger partial charge in [-0.1, -0.05) is 19.8 Å². The minimum Gasteiger partial charge on any atom is -0.507 e. The van der Waals surface area contributed by atoms with Crippen LogP contribution in [0.15, 0.2) is 12.1 Å². The summed E-state index contributed by atoms with van der Waals surface area (Å²) in [7, 11) is 0. The number of rotatable bonds is 3. The van der Waals surface area contributed by atoms with Crippen molar-refractivity contribution in [1.82, 2.24) is 5.32 Å². The summed E-state index contributed by atoms with van der Waals surface area (Å²) in [6.07, 6.45) is 6.40. The topological polar surface area (TPSA) is 50.7 Å². The number of aromatic hydroxyl groups is 1. The molecule has 0 radical (unpaired) electrons. The van der Waals surface area contributed by atoms with Crippen molar-refractivity contribution in [2.45, 2.75) is 51.6 Å². The Kier molecular flexibility index (Phi) is 4.01. The molecular weight excluding hydrogens is 254 g/mol. The number of ether oxygens (including phenoxy) is 2. The fourth-order valence-electron chi connectivity index (χ4n) is 3.06. The first kappa shape index (κ1) is 13.6. The molecule has 2 atom stereocenters. The molecule has 0 bridgehead atoms. The van der Waals surface area contributed by atoms with Gasteiger partial charge in [-0.2, -0.15) is 0 Å². The summed E-state index contributed by atoms with van der Waals surface area (Å²) >= 11 is 0. The van der Waals surface area contributed by atoms with E-state index in [-0.39, 0.29) is 12.5 Å². The first-order valence-corrected chi connectivity index (χ1v) is 7.57. The molecule has 2 unspecified atom stereocenters. The lowest BCUT2D eigenvalue weighted by atomic mass is 10.0. The van der Waals surface area contributed by atoms with Crippen molar-refractivity contribution in [1.29, 1.82) is 0 Å². The maximum atomic E-state index is 10.0. The van der Waals surface area contributed by atoms with Gasteiger partial charge in [-0.05, 0) is 31.2 Å². The number of nitrogens with one attached hydrogen (secondary N) is 1. The van der Waals surface area contributed by atoms with Crippen molar-refractivity contribution in [3.05, 3.63) is 17.7 Å². The number of hydrogen-bond donors (Lipinski definition) is 2. The van der Waals surface area contributed by atoms with Crippen molar-refractivity contribution in [2.75, 3.05) is 6.79 Å². The molecule has 1 aromatic carbocycles. The Morgan fingerprint density at radius 3 is 2.80 bits per heavy atom. The van der Waals surface area contributed by atoms with Crippen molar-refractivity contribution < 1.29 is 14.6 Å². The van der Waals surface area contributed by atoms with Gasteiger partial charge in [0.1, 0.15) is 5.75 Å². The molecule has 1 saturated carbocycles. The molecule has 4 nitrogen and oxygen atoms in total. The third-order valence-electron chi connectivity index (χ3n) is 4.41. The van der Waals surface area contributed by atoms with E-state index in [9.17, 15) is 5.11 Å². The Morgan fingerprint density at radius 2 is 1.95 bits per heavy atom. The minimum atomic E-state index is 0.242. The molecule has 2 N–H and O–H groups in total. The van der Waals surface area contributed by atoms with Gasteiger partial charge in [-0.15, -0.1) is 0 Å². The highest BCUT2D eigenvalue weighted by molar-refractivity contribution is 5.51. The summed E-state index contributed by atoms with van der Waals surface area (Å²) in [5, 5.41) is 13.6. The van der Waals surface area contributed by atoms with Crippen LogP contribution in [-0.2, 0) is 6.54 Å². The van der Waals surface area contributed by atoms with Gasteiger partial charge in [0, 0.05) is 24.2 Å². The summed E-state index contributed by atoms with van der Waals surface area (Å²) in [5.41, 5.74) is 0.881. The van der Waals surface area contributed by atoms with Gasteiger partial charge in [0.2, 0.25) is 6.79 Å². The molecule has 0 saturated heterocycles. The number of phenols is 1. The summed E-state index contributed by atoms with van der Waals surface area (Å²) in [5.74, 6) is 2.49. The van der Waals surface area contributed by atoms with Gasteiger partial charge < -0.3 is 19.9 Å². The van der Waals surface area contributed by atoms with Crippen LogP contribution in [0.4, 0.5) is 0 Å². The maximum absolute atomic E-state index is 10.0. The number of phenolic OH excluding ortho intramolecular Hbond substituents is 1. The minimum absolute atomic E-state index is 0.242. The molecule has 3 rings (SSSR count). The smallest absolute Gasteiger partial charge is 0.231 e. The fourth-order valence-corrected chi connectivity index (χ4v) is 3.06. The first-order valence-electron chi connectivity index (χ1n) is 7.57. The highest BCUT2D eigenvalue weighted by atomic mass is 16.7. The predicted octanol–water partition coefficient (Wildman–Crippen LogP) is 3.18. The van der Waals surface area contributed by atoms with Gasteiger partial charge in [0.25, 0.3) is 0 Å². The second-order valence-electron chi connectivity index (χ2n) is 6.03. The van der Waals surface area contributed by atoms with Gasteiger partial charge >= 0.3 is 0 Å². The molecule has 1 fully saturated rings. The third kappa shape index (κ3) is 3.01. The first-order chi connectivity index (χ1) is 9.72. The molecule has 0 spiro atoms. The van der Waals surface area contributed by atoms with Crippen LogP contribution in [0.1, 0.15) is 44.6 Å².